The smallest absolute Gasteiger partial charge is 0.239 e. The molecule has 6 heteroatoms. The number of aryl methyl sites for hydroxylation is 1. The maximum atomic E-state index is 5.31. The summed E-state index contributed by atoms with van der Waals surface area (Å²) in [5.74, 6) is 7.41. The van der Waals surface area contributed by atoms with Gasteiger partial charge >= 0.3 is 0 Å². The fraction of sp³-hybridized carbons (Fsp3) is 0.333. The highest BCUT2D eigenvalue weighted by molar-refractivity contribution is 5.46. The van der Waals surface area contributed by atoms with Gasteiger partial charge in [0.25, 0.3) is 0 Å². The van der Waals surface area contributed by atoms with Crippen molar-refractivity contribution in [1.29, 1.82) is 0 Å². The lowest BCUT2D eigenvalue weighted by Crippen LogP contribution is -2.20. The molecule has 2 rings (SSSR count). The topological polar surface area (TPSA) is 89.0 Å². The molecule has 1 atom stereocenters. The van der Waals surface area contributed by atoms with Crippen molar-refractivity contribution in [1.82, 2.24) is 9.97 Å². The van der Waals surface area contributed by atoms with E-state index in [-0.39, 0.29) is 6.04 Å². The van der Waals surface area contributed by atoms with Crippen molar-refractivity contribution in [2.24, 2.45) is 5.84 Å². The average Bonchev–Trinajstić information content (AvgIpc) is 2.84. The number of hydrogen-bond donors (Lipinski definition) is 3. The van der Waals surface area contributed by atoms with E-state index in [4.69, 9.17) is 10.3 Å². The van der Waals surface area contributed by atoms with Gasteiger partial charge in [0.15, 0.2) is 0 Å². The Morgan fingerprint density at radius 1 is 1.50 bits per heavy atom. The Balaban J connectivity index is 2.04. The van der Waals surface area contributed by atoms with Crippen molar-refractivity contribution in [3.05, 3.63) is 35.9 Å². The van der Waals surface area contributed by atoms with Crippen LogP contribution >= 0.6 is 0 Å². The first-order valence-corrected chi connectivity index (χ1v) is 5.78. The Labute approximate surface area is 106 Å². The second kappa shape index (κ2) is 5.50. The number of aromatic nitrogens is 2. The van der Waals surface area contributed by atoms with Crippen LogP contribution < -0.4 is 16.6 Å². The molecule has 2 heterocycles. The number of anilines is 2. The van der Waals surface area contributed by atoms with E-state index in [9.17, 15) is 0 Å². The molecular formula is C12H17N5O. The normalized spacial score (nSPS) is 12.2. The van der Waals surface area contributed by atoms with Crippen molar-refractivity contribution in [2.75, 3.05) is 10.7 Å². The lowest BCUT2D eigenvalue weighted by Gasteiger charge is -2.15. The van der Waals surface area contributed by atoms with Gasteiger partial charge in [0.1, 0.15) is 11.6 Å². The molecule has 0 spiro atoms. The largest absolute Gasteiger partial charge is 0.469 e. The summed E-state index contributed by atoms with van der Waals surface area (Å²) in [6, 6.07) is 4.04. The molecule has 1 unspecified atom stereocenters. The number of nitrogens with two attached hydrogens (primary N) is 1. The first-order valence-electron chi connectivity index (χ1n) is 5.78. The molecule has 0 aromatic carbocycles. The molecule has 0 radical (unpaired) electrons. The summed E-state index contributed by atoms with van der Waals surface area (Å²) >= 11 is 0. The predicted molar refractivity (Wildman–Crippen MR) is 70.1 cm³/mol. The first-order chi connectivity index (χ1) is 8.69. The molecule has 2 aromatic rings. The van der Waals surface area contributed by atoms with Crippen molar-refractivity contribution >= 4 is 11.8 Å². The van der Waals surface area contributed by atoms with Gasteiger partial charge in [0, 0.05) is 24.2 Å². The minimum absolute atomic E-state index is 0.204. The van der Waals surface area contributed by atoms with Crippen LogP contribution in [0.5, 0.6) is 0 Å². The summed E-state index contributed by atoms with van der Waals surface area (Å²) in [5, 5.41) is 3.32. The van der Waals surface area contributed by atoms with E-state index < -0.39 is 0 Å². The summed E-state index contributed by atoms with van der Waals surface area (Å²) in [5.41, 5.74) is 3.41. The SMILES string of the molecule is Cc1cnc(NN)nc1NC(C)Cc1ccco1. The third-order valence-corrected chi connectivity index (χ3v) is 2.57. The standard InChI is InChI=1S/C12H17N5O/c1-8-7-14-12(17-13)16-11(8)15-9(2)6-10-4-3-5-18-10/h3-5,7,9H,6,13H2,1-2H3,(H2,14,15,16,17). The van der Waals surface area contributed by atoms with Crippen molar-refractivity contribution in [3.8, 4) is 0 Å². The van der Waals surface area contributed by atoms with Gasteiger partial charge in [-0.1, -0.05) is 0 Å². The van der Waals surface area contributed by atoms with E-state index in [0.717, 1.165) is 23.6 Å². The third-order valence-electron chi connectivity index (χ3n) is 2.57. The Morgan fingerprint density at radius 2 is 2.33 bits per heavy atom. The Kier molecular flexibility index (Phi) is 3.78. The number of rotatable bonds is 5. The van der Waals surface area contributed by atoms with Crippen LogP contribution in [0.3, 0.4) is 0 Å². The van der Waals surface area contributed by atoms with Gasteiger partial charge in [0.05, 0.1) is 6.26 Å². The molecule has 0 fully saturated rings. The van der Waals surface area contributed by atoms with Crippen molar-refractivity contribution in [2.45, 2.75) is 26.3 Å². The Bertz CT molecular complexity index is 497. The highest BCUT2D eigenvalue weighted by Crippen LogP contribution is 2.14. The molecule has 0 saturated heterocycles. The number of nitrogens with one attached hydrogen (secondary N) is 2. The minimum Gasteiger partial charge on any atom is -0.469 e. The van der Waals surface area contributed by atoms with E-state index in [1.54, 1.807) is 12.5 Å². The van der Waals surface area contributed by atoms with Gasteiger partial charge in [-0.05, 0) is 26.0 Å². The average molecular weight is 247 g/mol. The van der Waals surface area contributed by atoms with Gasteiger partial charge in [-0.15, -0.1) is 0 Å². The second-order valence-corrected chi connectivity index (χ2v) is 4.20. The molecule has 0 amide bonds. The van der Waals surface area contributed by atoms with E-state index in [0.29, 0.717) is 5.95 Å². The summed E-state index contributed by atoms with van der Waals surface area (Å²) in [4.78, 5) is 8.31. The monoisotopic (exact) mass is 247 g/mol. The zero-order valence-electron chi connectivity index (χ0n) is 10.5. The highest BCUT2D eigenvalue weighted by atomic mass is 16.3. The van der Waals surface area contributed by atoms with Gasteiger partial charge in [0.2, 0.25) is 5.95 Å². The maximum Gasteiger partial charge on any atom is 0.239 e. The lowest BCUT2D eigenvalue weighted by atomic mass is 10.2. The van der Waals surface area contributed by atoms with Crippen molar-refractivity contribution < 1.29 is 4.42 Å². The third kappa shape index (κ3) is 2.98. The minimum atomic E-state index is 0.204. The molecule has 18 heavy (non-hydrogen) atoms. The quantitative estimate of drug-likeness (QED) is 0.550. The summed E-state index contributed by atoms with van der Waals surface area (Å²) in [7, 11) is 0. The molecule has 0 aliphatic carbocycles. The number of nitrogens with zero attached hydrogens (tertiary/aromatic N) is 2. The summed E-state index contributed by atoms with van der Waals surface area (Å²) in [6.45, 7) is 4.02. The Hall–Kier alpha value is -2.08. The number of hydrazine groups is 1. The molecule has 4 N–H and O–H groups in total. The fourth-order valence-electron chi connectivity index (χ4n) is 1.67. The molecule has 0 aliphatic rings. The number of nitrogen functional groups attached to an aromatic ring is 1. The zero-order chi connectivity index (χ0) is 13.0. The van der Waals surface area contributed by atoms with E-state index in [1.807, 2.05) is 19.1 Å². The molecule has 2 aromatic heterocycles. The second-order valence-electron chi connectivity index (χ2n) is 4.20. The zero-order valence-corrected chi connectivity index (χ0v) is 10.5. The van der Waals surface area contributed by atoms with E-state index in [2.05, 4.69) is 27.6 Å². The highest BCUT2D eigenvalue weighted by Gasteiger charge is 2.09. The van der Waals surface area contributed by atoms with Crippen LogP contribution in [0.2, 0.25) is 0 Å². The van der Waals surface area contributed by atoms with E-state index >= 15 is 0 Å². The van der Waals surface area contributed by atoms with Crippen LogP contribution in [0.25, 0.3) is 0 Å². The molecule has 0 bridgehead atoms. The number of hydrogen-bond acceptors (Lipinski definition) is 6. The molecule has 0 saturated carbocycles. The number of furan rings is 1. The van der Waals surface area contributed by atoms with Crippen LogP contribution in [-0.2, 0) is 6.42 Å². The molecule has 96 valence electrons. The van der Waals surface area contributed by atoms with Gasteiger partial charge in [-0.2, -0.15) is 4.98 Å². The molecule has 0 aliphatic heterocycles. The van der Waals surface area contributed by atoms with Crippen LogP contribution in [0.1, 0.15) is 18.2 Å². The van der Waals surface area contributed by atoms with Gasteiger partial charge < -0.3 is 9.73 Å². The lowest BCUT2D eigenvalue weighted by molar-refractivity contribution is 0.497. The maximum absolute atomic E-state index is 5.31. The first kappa shape index (κ1) is 12.4. The van der Waals surface area contributed by atoms with Crippen molar-refractivity contribution in [3.63, 3.8) is 0 Å². The predicted octanol–water partition coefficient (Wildman–Crippen LogP) is 1.71. The van der Waals surface area contributed by atoms with Crippen LogP contribution in [0, 0.1) is 6.92 Å². The van der Waals surface area contributed by atoms with E-state index in [1.165, 1.54) is 0 Å². The van der Waals surface area contributed by atoms with Crippen LogP contribution in [0.4, 0.5) is 11.8 Å². The Morgan fingerprint density at radius 3 is 3.00 bits per heavy atom. The van der Waals surface area contributed by atoms with Gasteiger partial charge in [-0.3, -0.25) is 5.43 Å². The summed E-state index contributed by atoms with van der Waals surface area (Å²) in [6.07, 6.45) is 4.19. The van der Waals surface area contributed by atoms with Crippen LogP contribution in [-0.4, -0.2) is 16.0 Å². The molecular weight excluding hydrogens is 230 g/mol. The molecule has 6 nitrogen and oxygen atoms in total. The van der Waals surface area contributed by atoms with Crippen LogP contribution in [0.15, 0.2) is 29.0 Å². The van der Waals surface area contributed by atoms with Gasteiger partial charge in [-0.25, -0.2) is 10.8 Å². The fourth-order valence-corrected chi connectivity index (χ4v) is 1.67. The summed E-state index contributed by atoms with van der Waals surface area (Å²) < 4.78 is 5.31.